The predicted molar refractivity (Wildman–Crippen MR) is 141 cm³/mol. The Labute approximate surface area is 228 Å². The lowest BCUT2D eigenvalue weighted by atomic mass is 9.90. The number of nitrogens with zero attached hydrogens (tertiary/aromatic N) is 2. The van der Waals surface area contributed by atoms with E-state index in [0.717, 1.165) is 22.9 Å². The van der Waals surface area contributed by atoms with E-state index in [1.807, 2.05) is 19.1 Å². The second-order valence-corrected chi connectivity index (χ2v) is 9.94. The molecule has 2 amide bonds. The number of ether oxygens (including phenoxy) is 2. The normalized spacial score (nSPS) is 16.7. The second kappa shape index (κ2) is 10.9. The molecule has 1 saturated heterocycles. The van der Waals surface area contributed by atoms with Gasteiger partial charge in [-0.3, -0.25) is 14.6 Å². The van der Waals surface area contributed by atoms with Crippen LogP contribution in [-0.4, -0.2) is 53.9 Å². The number of hydrogen-bond acceptors (Lipinski definition) is 6. The Bertz CT molecular complexity index is 1440. The van der Waals surface area contributed by atoms with Crippen molar-refractivity contribution < 1.29 is 37.3 Å². The highest BCUT2D eigenvalue weighted by Gasteiger charge is 2.42. The van der Waals surface area contributed by atoms with Crippen molar-refractivity contribution in [3.05, 3.63) is 71.5 Å². The predicted octanol–water partition coefficient (Wildman–Crippen LogP) is 4.99. The number of pyridine rings is 1. The Morgan fingerprint density at radius 3 is 2.62 bits per heavy atom. The van der Waals surface area contributed by atoms with E-state index >= 15 is 0 Å². The Morgan fingerprint density at radius 2 is 1.90 bits per heavy atom. The van der Waals surface area contributed by atoms with Crippen LogP contribution in [0.1, 0.15) is 40.9 Å². The first-order valence-electron chi connectivity index (χ1n) is 12.9. The van der Waals surface area contributed by atoms with Crippen molar-refractivity contribution in [2.24, 2.45) is 0 Å². The number of carbonyl (C=O) groups excluding carboxylic acids is 2. The Kier molecular flexibility index (Phi) is 7.52. The van der Waals surface area contributed by atoms with Crippen LogP contribution in [0.5, 0.6) is 5.75 Å². The second-order valence-electron chi connectivity index (χ2n) is 9.94. The Morgan fingerprint density at radius 1 is 1.12 bits per heavy atom. The maximum absolute atomic E-state index is 13.2. The summed E-state index contributed by atoms with van der Waals surface area (Å²) < 4.78 is 51.2. The lowest BCUT2D eigenvalue weighted by molar-refractivity contribution is -0.141. The third kappa shape index (κ3) is 5.66. The minimum atomic E-state index is -4.67. The first-order chi connectivity index (χ1) is 19.1. The minimum Gasteiger partial charge on any atom is -0.484 e. The summed E-state index contributed by atoms with van der Waals surface area (Å²) in [5.41, 5.74) is 1.34. The van der Waals surface area contributed by atoms with Crippen molar-refractivity contribution in [2.75, 3.05) is 36.6 Å². The molecule has 1 aromatic heterocycles. The van der Waals surface area contributed by atoms with Crippen LogP contribution >= 0.6 is 0 Å². The van der Waals surface area contributed by atoms with E-state index in [9.17, 15) is 27.9 Å². The van der Waals surface area contributed by atoms with Gasteiger partial charge in [-0.2, -0.15) is 13.2 Å². The summed E-state index contributed by atoms with van der Waals surface area (Å²) in [7, 11) is 0. The number of benzene rings is 2. The summed E-state index contributed by atoms with van der Waals surface area (Å²) >= 11 is 0. The van der Waals surface area contributed by atoms with E-state index in [0.29, 0.717) is 49.2 Å². The van der Waals surface area contributed by atoms with Crippen LogP contribution in [0.2, 0.25) is 0 Å². The van der Waals surface area contributed by atoms with E-state index < -0.39 is 23.4 Å². The van der Waals surface area contributed by atoms with Gasteiger partial charge in [-0.15, -0.1) is 0 Å². The van der Waals surface area contributed by atoms with Crippen molar-refractivity contribution in [1.82, 2.24) is 4.98 Å². The molecule has 2 aromatic carbocycles. The van der Waals surface area contributed by atoms with Gasteiger partial charge in [0.25, 0.3) is 5.91 Å². The molecule has 0 atom stereocenters. The van der Waals surface area contributed by atoms with E-state index in [2.05, 4.69) is 10.3 Å². The Balaban J connectivity index is 1.47. The highest BCUT2D eigenvalue weighted by Crippen LogP contribution is 2.43. The van der Waals surface area contributed by atoms with E-state index in [1.54, 1.807) is 24.3 Å². The molecule has 2 aliphatic rings. The van der Waals surface area contributed by atoms with Gasteiger partial charge < -0.3 is 24.8 Å². The number of aliphatic hydroxyl groups excluding tert-OH is 1. The third-order valence-electron chi connectivity index (χ3n) is 7.20. The number of carbonyl (C=O) groups is 2. The van der Waals surface area contributed by atoms with E-state index in [4.69, 9.17) is 9.47 Å². The molecule has 2 aliphatic heterocycles. The number of nitrogens with one attached hydrogen (secondary N) is 1. The van der Waals surface area contributed by atoms with Crippen LogP contribution in [0.4, 0.5) is 24.5 Å². The maximum atomic E-state index is 13.2. The number of aliphatic hydroxyl groups is 1. The van der Waals surface area contributed by atoms with E-state index in [1.165, 1.54) is 11.0 Å². The van der Waals surface area contributed by atoms with Crippen LogP contribution in [0.15, 0.2) is 54.7 Å². The molecule has 3 aromatic rings. The van der Waals surface area contributed by atoms with Crippen LogP contribution < -0.4 is 15.0 Å². The molecule has 0 bridgehead atoms. The zero-order chi connectivity index (χ0) is 28.5. The van der Waals surface area contributed by atoms with Crippen LogP contribution in [0, 0.1) is 6.92 Å². The van der Waals surface area contributed by atoms with Crippen molar-refractivity contribution in [3.8, 4) is 16.9 Å². The molecule has 0 saturated carbocycles. The van der Waals surface area contributed by atoms with Gasteiger partial charge in [-0.25, -0.2) is 0 Å². The summed E-state index contributed by atoms with van der Waals surface area (Å²) in [6.45, 7) is 2.78. The number of anilines is 2. The highest BCUT2D eigenvalue weighted by atomic mass is 19.4. The van der Waals surface area contributed by atoms with Crippen LogP contribution in [-0.2, 0) is 15.7 Å². The van der Waals surface area contributed by atoms with Gasteiger partial charge in [0, 0.05) is 36.8 Å². The molecule has 0 radical (unpaired) electrons. The number of amides is 2. The molecular formula is C29H28F3N3O5. The molecule has 2 N–H and O–H groups in total. The van der Waals surface area contributed by atoms with Gasteiger partial charge in [0.1, 0.15) is 17.0 Å². The fourth-order valence-electron chi connectivity index (χ4n) is 5.07. The standard InChI is InChI=1S/C29H28F3N3O5/c1-18-2-4-21(34-27(38)20-6-9-33-25(15-20)29(30,31)32)16-22(18)19-3-5-23-24(14-19)40-28(7-12-39-13-8-28)17-26(37)35(23)10-11-36/h2-6,9,14-16,36H,7-8,10-13,17H2,1H3,(H,34,38). The molecule has 3 heterocycles. The molecule has 1 fully saturated rings. The minimum absolute atomic E-state index is 0.131. The summed E-state index contributed by atoms with van der Waals surface area (Å²) in [4.78, 5) is 30.8. The number of aromatic nitrogens is 1. The molecule has 0 aliphatic carbocycles. The fourth-order valence-corrected chi connectivity index (χ4v) is 5.07. The smallest absolute Gasteiger partial charge is 0.433 e. The van der Waals surface area contributed by atoms with Gasteiger partial charge in [0.15, 0.2) is 0 Å². The molecular weight excluding hydrogens is 527 g/mol. The number of halogens is 3. The van der Waals surface area contributed by atoms with Gasteiger partial charge in [0.05, 0.1) is 31.9 Å². The first kappa shape index (κ1) is 27.6. The average molecular weight is 556 g/mol. The summed E-state index contributed by atoms with van der Waals surface area (Å²) in [6.07, 6.45) is -2.43. The number of hydrogen-bond donors (Lipinski definition) is 2. The molecule has 5 rings (SSSR count). The van der Waals surface area contributed by atoms with Crippen molar-refractivity contribution in [2.45, 2.75) is 38.0 Å². The zero-order valence-electron chi connectivity index (χ0n) is 21.8. The zero-order valence-corrected chi connectivity index (χ0v) is 21.8. The third-order valence-corrected chi connectivity index (χ3v) is 7.20. The molecule has 1 spiro atoms. The summed E-state index contributed by atoms with van der Waals surface area (Å²) in [5.74, 6) is -0.329. The molecule has 0 unspecified atom stereocenters. The Hall–Kier alpha value is -3.96. The largest absolute Gasteiger partial charge is 0.484 e. The number of β-amino-alcohol motifs (C(OH)–C–C–N with tert-alkyl or cyclic N) is 1. The van der Waals surface area contributed by atoms with Gasteiger partial charge in [-0.1, -0.05) is 12.1 Å². The maximum Gasteiger partial charge on any atom is 0.433 e. The fraction of sp³-hybridized carbons (Fsp3) is 0.345. The lowest BCUT2D eigenvalue weighted by Crippen LogP contribution is -2.45. The molecule has 11 heteroatoms. The topological polar surface area (TPSA) is 101 Å². The van der Waals surface area contributed by atoms with Crippen LogP contribution in [0.3, 0.4) is 0 Å². The van der Waals surface area contributed by atoms with Crippen LogP contribution in [0.25, 0.3) is 11.1 Å². The van der Waals surface area contributed by atoms with E-state index in [-0.39, 0.29) is 31.0 Å². The number of rotatable bonds is 5. The number of alkyl halides is 3. The molecule has 40 heavy (non-hydrogen) atoms. The quantitative estimate of drug-likeness (QED) is 0.461. The van der Waals surface area contributed by atoms with Crippen molar-refractivity contribution in [3.63, 3.8) is 0 Å². The van der Waals surface area contributed by atoms with Gasteiger partial charge >= 0.3 is 6.18 Å². The van der Waals surface area contributed by atoms with Crippen molar-refractivity contribution in [1.29, 1.82) is 0 Å². The lowest BCUT2D eigenvalue weighted by Gasteiger charge is -2.35. The monoisotopic (exact) mass is 555 g/mol. The average Bonchev–Trinajstić information content (AvgIpc) is 3.03. The molecule has 210 valence electrons. The summed E-state index contributed by atoms with van der Waals surface area (Å²) in [5, 5.41) is 12.3. The summed E-state index contributed by atoms with van der Waals surface area (Å²) in [6, 6.07) is 12.6. The van der Waals surface area contributed by atoms with Crippen molar-refractivity contribution >= 4 is 23.2 Å². The van der Waals surface area contributed by atoms with Gasteiger partial charge in [0.2, 0.25) is 5.91 Å². The highest BCUT2D eigenvalue weighted by molar-refractivity contribution is 6.04. The number of aryl methyl sites for hydroxylation is 1. The molecule has 8 nitrogen and oxygen atoms in total. The first-order valence-corrected chi connectivity index (χ1v) is 12.9. The van der Waals surface area contributed by atoms with Gasteiger partial charge in [-0.05, 0) is 60.0 Å². The SMILES string of the molecule is Cc1ccc(NC(=O)c2ccnc(C(F)(F)F)c2)cc1-c1ccc2c(c1)OC1(CCOCC1)CC(=O)N2CCO. The number of fused-ring (bicyclic) bond motifs is 1.